The van der Waals surface area contributed by atoms with E-state index in [-0.39, 0.29) is 31.2 Å². The largest absolute Gasteiger partial charge is 0.481 e. The van der Waals surface area contributed by atoms with Crippen LogP contribution in [-0.2, 0) is 14.4 Å². The lowest BCUT2D eigenvalue weighted by Crippen LogP contribution is -2.35. The van der Waals surface area contributed by atoms with E-state index in [1.54, 1.807) is 6.92 Å². The Kier molecular flexibility index (Phi) is 3.12. The smallest absolute Gasteiger partial charge is 0.305 e. The van der Waals surface area contributed by atoms with Crippen LogP contribution >= 0.6 is 0 Å². The summed E-state index contributed by atoms with van der Waals surface area (Å²) in [6, 6.07) is 0. The predicted octanol–water partition coefficient (Wildman–Crippen LogP) is 0.636. The molecule has 0 aromatic carbocycles. The Balaban J connectivity index is 2.71. The summed E-state index contributed by atoms with van der Waals surface area (Å²) < 4.78 is 0. The van der Waals surface area contributed by atoms with Gasteiger partial charge in [0, 0.05) is 13.0 Å². The van der Waals surface area contributed by atoms with Crippen LogP contribution in [0.4, 0.5) is 0 Å². The van der Waals surface area contributed by atoms with Crippen molar-refractivity contribution in [3.05, 3.63) is 0 Å². The first kappa shape index (κ1) is 11.7. The minimum absolute atomic E-state index is 0.0113. The molecule has 84 valence electrons. The SMILES string of the molecule is CCC1(C)CC(=O)N(CCC(=O)O)C1=O. The van der Waals surface area contributed by atoms with Crippen molar-refractivity contribution in [3.63, 3.8) is 0 Å². The molecular weight excluding hydrogens is 198 g/mol. The van der Waals surface area contributed by atoms with Crippen molar-refractivity contribution in [1.29, 1.82) is 0 Å². The van der Waals surface area contributed by atoms with Gasteiger partial charge in [0.25, 0.3) is 0 Å². The van der Waals surface area contributed by atoms with Crippen LogP contribution < -0.4 is 0 Å². The summed E-state index contributed by atoms with van der Waals surface area (Å²) >= 11 is 0. The second kappa shape index (κ2) is 4.00. The van der Waals surface area contributed by atoms with Gasteiger partial charge in [-0.3, -0.25) is 19.3 Å². The van der Waals surface area contributed by atoms with Crippen molar-refractivity contribution < 1.29 is 19.5 Å². The van der Waals surface area contributed by atoms with Crippen molar-refractivity contribution in [1.82, 2.24) is 4.90 Å². The number of carboxylic acids is 1. The molecule has 0 spiro atoms. The van der Waals surface area contributed by atoms with Gasteiger partial charge in [-0.1, -0.05) is 13.8 Å². The molecule has 0 aromatic heterocycles. The molecule has 0 bridgehead atoms. The number of hydrogen-bond acceptors (Lipinski definition) is 3. The number of amides is 2. The van der Waals surface area contributed by atoms with Gasteiger partial charge in [0.2, 0.25) is 11.8 Å². The highest BCUT2D eigenvalue weighted by Gasteiger charge is 2.46. The first-order valence-electron chi connectivity index (χ1n) is 4.97. The van der Waals surface area contributed by atoms with E-state index >= 15 is 0 Å². The van der Waals surface area contributed by atoms with E-state index < -0.39 is 11.4 Å². The van der Waals surface area contributed by atoms with Crippen molar-refractivity contribution in [2.75, 3.05) is 6.54 Å². The van der Waals surface area contributed by atoms with E-state index in [2.05, 4.69) is 0 Å². The lowest BCUT2D eigenvalue weighted by atomic mass is 9.86. The van der Waals surface area contributed by atoms with E-state index in [4.69, 9.17) is 5.11 Å². The maximum Gasteiger partial charge on any atom is 0.305 e. The number of aliphatic carboxylic acids is 1. The molecule has 0 aromatic rings. The highest BCUT2D eigenvalue weighted by atomic mass is 16.4. The molecule has 2 amide bonds. The zero-order valence-electron chi connectivity index (χ0n) is 8.95. The second-order valence-corrected chi connectivity index (χ2v) is 4.09. The number of carbonyl (C=O) groups excluding carboxylic acids is 2. The van der Waals surface area contributed by atoms with E-state index in [0.29, 0.717) is 6.42 Å². The number of likely N-dealkylation sites (tertiary alicyclic amines) is 1. The average Bonchev–Trinajstić information content (AvgIpc) is 2.37. The fraction of sp³-hybridized carbons (Fsp3) is 0.700. The Hall–Kier alpha value is -1.39. The van der Waals surface area contributed by atoms with Crippen molar-refractivity contribution >= 4 is 17.8 Å². The lowest BCUT2D eigenvalue weighted by Gasteiger charge is -2.19. The normalized spacial score (nSPS) is 26.1. The Bertz CT molecular complexity index is 313. The first-order valence-corrected chi connectivity index (χ1v) is 4.97. The molecule has 1 aliphatic heterocycles. The molecule has 1 atom stereocenters. The van der Waals surface area contributed by atoms with Crippen LogP contribution in [0, 0.1) is 5.41 Å². The van der Waals surface area contributed by atoms with Gasteiger partial charge in [-0.25, -0.2) is 0 Å². The van der Waals surface area contributed by atoms with E-state index in [1.807, 2.05) is 6.92 Å². The summed E-state index contributed by atoms with van der Waals surface area (Å²) in [5.41, 5.74) is -0.629. The van der Waals surface area contributed by atoms with Gasteiger partial charge in [0.1, 0.15) is 0 Å². The monoisotopic (exact) mass is 213 g/mol. The van der Waals surface area contributed by atoms with Gasteiger partial charge in [-0.15, -0.1) is 0 Å². The van der Waals surface area contributed by atoms with Crippen LogP contribution in [0.2, 0.25) is 0 Å². The minimum atomic E-state index is -0.999. The topological polar surface area (TPSA) is 74.7 Å². The van der Waals surface area contributed by atoms with Gasteiger partial charge >= 0.3 is 5.97 Å². The molecule has 1 saturated heterocycles. The van der Waals surface area contributed by atoms with E-state index in [1.165, 1.54) is 0 Å². The third kappa shape index (κ3) is 2.16. The first-order chi connectivity index (χ1) is 6.90. The summed E-state index contributed by atoms with van der Waals surface area (Å²) in [6.45, 7) is 3.59. The standard InChI is InChI=1S/C10H15NO4/c1-3-10(2)6-7(12)11(9(10)15)5-4-8(13)14/h3-6H2,1-2H3,(H,13,14). The summed E-state index contributed by atoms with van der Waals surface area (Å²) in [5.74, 6) is -1.50. The molecule has 1 fully saturated rings. The Morgan fingerprint density at radius 3 is 2.53 bits per heavy atom. The third-order valence-corrected chi connectivity index (χ3v) is 2.93. The zero-order valence-corrected chi connectivity index (χ0v) is 8.95. The molecule has 1 unspecified atom stereocenters. The number of nitrogens with zero attached hydrogens (tertiary/aromatic N) is 1. The summed E-state index contributed by atoms with van der Waals surface area (Å²) in [4.78, 5) is 34.7. The van der Waals surface area contributed by atoms with Gasteiger partial charge in [-0.05, 0) is 6.42 Å². The summed E-state index contributed by atoms with van der Waals surface area (Å²) in [6.07, 6.45) is 0.611. The zero-order chi connectivity index (χ0) is 11.6. The molecule has 1 rings (SSSR count). The molecule has 1 aliphatic rings. The average molecular weight is 213 g/mol. The van der Waals surface area contributed by atoms with Crippen molar-refractivity contribution in [3.8, 4) is 0 Å². The maximum atomic E-state index is 11.8. The predicted molar refractivity (Wildman–Crippen MR) is 52.0 cm³/mol. The molecule has 0 radical (unpaired) electrons. The highest BCUT2D eigenvalue weighted by molar-refractivity contribution is 6.05. The van der Waals surface area contributed by atoms with Crippen LogP contribution in [-0.4, -0.2) is 34.3 Å². The number of carboxylic acid groups (broad SMARTS) is 1. The molecule has 5 heteroatoms. The number of imide groups is 1. The number of rotatable bonds is 4. The lowest BCUT2D eigenvalue weighted by molar-refractivity contribution is -0.142. The second-order valence-electron chi connectivity index (χ2n) is 4.09. The Labute approximate surface area is 88.1 Å². The van der Waals surface area contributed by atoms with Crippen LogP contribution in [0.1, 0.15) is 33.1 Å². The van der Waals surface area contributed by atoms with Crippen molar-refractivity contribution in [2.45, 2.75) is 33.1 Å². The number of carbonyl (C=O) groups is 3. The van der Waals surface area contributed by atoms with Crippen LogP contribution in [0.25, 0.3) is 0 Å². The molecule has 5 nitrogen and oxygen atoms in total. The van der Waals surface area contributed by atoms with Gasteiger partial charge < -0.3 is 5.11 Å². The van der Waals surface area contributed by atoms with Crippen LogP contribution in [0.3, 0.4) is 0 Å². The van der Waals surface area contributed by atoms with Gasteiger partial charge in [0.15, 0.2) is 0 Å². The molecular formula is C10H15NO4. The number of hydrogen-bond donors (Lipinski definition) is 1. The minimum Gasteiger partial charge on any atom is -0.481 e. The van der Waals surface area contributed by atoms with Crippen LogP contribution in [0.5, 0.6) is 0 Å². The van der Waals surface area contributed by atoms with E-state index in [9.17, 15) is 14.4 Å². The van der Waals surface area contributed by atoms with Gasteiger partial charge in [-0.2, -0.15) is 0 Å². The Morgan fingerprint density at radius 2 is 2.13 bits per heavy atom. The summed E-state index contributed by atoms with van der Waals surface area (Å²) in [5, 5.41) is 8.48. The molecule has 1 heterocycles. The quantitative estimate of drug-likeness (QED) is 0.695. The molecule has 15 heavy (non-hydrogen) atoms. The third-order valence-electron chi connectivity index (χ3n) is 2.93. The van der Waals surface area contributed by atoms with Gasteiger partial charge in [0.05, 0.1) is 11.8 Å². The van der Waals surface area contributed by atoms with Crippen molar-refractivity contribution in [2.24, 2.45) is 5.41 Å². The van der Waals surface area contributed by atoms with E-state index in [0.717, 1.165) is 4.90 Å². The fourth-order valence-corrected chi connectivity index (χ4v) is 1.65. The molecule has 1 N–H and O–H groups in total. The summed E-state index contributed by atoms with van der Waals surface area (Å²) in [7, 11) is 0. The molecule has 0 aliphatic carbocycles. The highest BCUT2D eigenvalue weighted by Crippen LogP contribution is 2.35. The Morgan fingerprint density at radius 1 is 1.53 bits per heavy atom. The molecule has 0 saturated carbocycles. The van der Waals surface area contributed by atoms with Crippen LogP contribution in [0.15, 0.2) is 0 Å². The fourth-order valence-electron chi connectivity index (χ4n) is 1.65. The maximum absolute atomic E-state index is 11.8.